The lowest BCUT2D eigenvalue weighted by atomic mass is 9.99. The van der Waals surface area contributed by atoms with Crippen LogP contribution >= 0.6 is 0 Å². The van der Waals surface area contributed by atoms with Crippen molar-refractivity contribution in [3.8, 4) is 0 Å². The van der Waals surface area contributed by atoms with Crippen molar-refractivity contribution < 1.29 is 4.42 Å². The molecule has 0 fully saturated rings. The Labute approximate surface area is 127 Å². The smallest absolute Gasteiger partial charge is 0.138 e. The van der Waals surface area contributed by atoms with E-state index in [0.29, 0.717) is 0 Å². The van der Waals surface area contributed by atoms with Gasteiger partial charge < -0.3 is 4.42 Å². The summed E-state index contributed by atoms with van der Waals surface area (Å²) in [4.78, 5) is 0. The molecular weight excluding hydrogens is 268 g/mol. The van der Waals surface area contributed by atoms with Gasteiger partial charge in [-0.1, -0.05) is 48.5 Å². The minimum Gasteiger partial charge on any atom is -0.456 e. The normalized spacial score (nSPS) is 11.9. The Kier molecular flexibility index (Phi) is 2.21. The highest BCUT2D eigenvalue weighted by Gasteiger charge is 2.13. The average Bonchev–Trinajstić information content (AvgIpc) is 2.92. The number of benzene rings is 4. The first-order valence-electron chi connectivity index (χ1n) is 7.54. The summed E-state index contributed by atoms with van der Waals surface area (Å²) in [5.41, 5.74) is 3.16. The van der Waals surface area contributed by atoms with E-state index >= 15 is 0 Å². The van der Waals surface area contributed by atoms with Gasteiger partial charge in [0.1, 0.15) is 11.2 Å². The monoisotopic (exact) mass is 282 g/mol. The van der Waals surface area contributed by atoms with E-state index in [1.807, 2.05) is 0 Å². The standard InChI is InChI=1S/C21H14O/c1-13-10-16-8-4-5-9-17(16)20-18-11-14-6-2-3-7-15(14)12-19(18)22-21(13)20/h2-12H,1H3. The van der Waals surface area contributed by atoms with Crippen LogP contribution in [0.15, 0.2) is 71.1 Å². The molecule has 0 aliphatic rings. The Hall–Kier alpha value is -2.80. The predicted molar refractivity (Wildman–Crippen MR) is 93.5 cm³/mol. The largest absolute Gasteiger partial charge is 0.456 e. The summed E-state index contributed by atoms with van der Waals surface area (Å²) in [6, 6.07) is 23.6. The maximum Gasteiger partial charge on any atom is 0.138 e. The van der Waals surface area contributed by atoms with Crippen LogP contribution in [0.1, 0.15) is 5.56 Å². The van der Waals surface area contributed by atoms with Crippen molar-refractivity contribution in [3.63, 3.8) is 0 Å². The van der Waals surface area contributed by atoms with Gasteiger partial charge in [0.15, 0.2) is 0 Å². The second kappa shape index (κ2) is 4.11. The molecular formula is C21H14O. The molecule has 0 spiro atoms. The van der Waals surface area contributed by atoms with Crippen LogP contribution in [0.3, 0.4) is 0 Å². The molecule has 1 heteroatoms. The number of furan rings is 1. The van der Waals surface area contributed by atoms with Crippen LogP contribution in [-0.4, -0.2) is 0 Å². The van der Waals surface area contributed by atoms with Crippen LogP contribution in [0.4, 0.5) is 0 Å². The molecule has 0 atom stereocenters. The molecule has 0 aliphatic heterocycles. The zero-order valence-electron chi connectivity index (χ0n) is 12.3. The molecule has 5 aromatic rings. The highest BCUT2D eigenvalue weighted by atomic mass is 16.3. The summed E-state index contributed by atoms with van der Waals surface area (Å²) < 4.78 is 6.20. The Morgan fingerprint density at radius 2 is 1.36 bits per heavy atom. The summed E-state index contributed by atoms with van der Waals surface area (Å²) in [6.45, 7) is 2.12. The van der Waals surface area contributed by atoms with E-state index in [-0.39, 0.29) is 0 Å². The maximum atomic E-state index is 6.20. The van der Waals surface area contributed by atoms with Crippen LogP contribution in [-0.2, 0) is 0 Å². The molecule has 0 N–H and O–H groups in total. The molecule has 1 aromatic heterocycles. The van der Waals surface area contributed by atoms with Crippen molar-refractivity contribution in [3.05, 3.63) is 72.3 Å². The summed E-state index contributed by atoms with van der Waals surface area (Å²) in [5.74, 6) is 0. The summed E-state index contributed by atoms with van der Waals surface area (Å²) in [6.07, 6.45) is 0. The van der Waals surface area contributed by atoms with Crippen LogP contribution in [0, 0.1) is 6.92 Å². The SMILES string of the molecule is Cc1cc2ccccc2c2c1oc1cc3ccccc3cc12. The fourth-order valence-corrected chi connectivity index (χ4v) is 3.48. The number of aryl methyl sites for hydroxylation is 1. The third kappa shape index (κ3) is 1.48. The van der Waals surface area contributed by atoms with Crippen LogP contribution in [0.25, 0.3) is 43.5 Å². The minimum absolute atomic E-state index is 0.966. The molecule has 1 nitrogen and oxygen atoms in total. The predicted octanol–water partition coefficient (Wildman–Crippen LogP) is 6.20. The van der Waals surface area contributed by atoms with E-state index in [1.54, 1.807) is 0 Å². The molecule has 0 bridgehead atoms. The van der Waals surface area contributed by atoms with E-state index in [4.69, 9.17) is 4.42 Å². The maximum absolute atomic E-state index is 6.20. The quantitative estimate of drug-likeness (QED) is 0.329. The highest BCUT2D eigenvalue weighted by molar-refractivity contribution is 6.21. The Balaban J connectivity index is 2.11. The van der Waals surface area contributed by atoms with Crippen molar-refractivity contribution in [1.82, 2.24) is 0 Å². The number of fused-ring (bicyclic) bond motifs is 6. The van der Waals surface area contributed by atoms with Gasteiger partial charge in [-0.25, -0.2) is 0 Å². The van der Waals surface area contributed by atoms with E-state index in [9.17, 15) is 0 Å². The lowest BCUT2D eigenvalue weighted by molar-refractivity contribution is 0.666. The second-order valence-electron chi connectivity index (χ2n) is 5.92. The molecule has 104 valence electrons. The molecule has 22 heavy (non-hydrogen) atoms. The topological polar surface area (TPSA) is 13.1 Å². The lowest BCUT2D eigenvalue weighted by Crippen LogP contribution is -1.78. The van der Waals surface area contributed by atoms with E-state index in [2.05, 4.69) is 73.7 Å². The van der Waals surface area contributed by atoms with Crippen LogP contribution in [0.5, 0.6) is 0 Å². The first-order chi connectivity index (χ1) is 10.8. The van der Waals surface area contributed by atoms with Crippen molar-refractivity contribution in [1.29, 1.82) is 0 Å². The van der Waals surface area contributed by atoms with Gasteiger partial charge >= 0.3 is 0 Å². The third-order valence-corrected chi connectivity index (χ3v) is 4.52. The molecule has 0 saturated heterocycles. The fourth-order valence-electron chi connectivity index (χ4n) is 3.48. The van der Waals surface area contributed by atoms with Gasteiger partial charge in [-0.3, -0.25) is 0 Å². The molecule has 0 unspecified atom stereocenters. The summed E-state index contributed by atoms with van der Waals surface area (Å²) in [5, 5.41) is 7.43. The van der Waals surface area contributed by atoms with Crippen molar-refractivity contribution in [2.24, 2.45) is 0 Å². The lowest BCUT2D eigenvalue weighted by Gasteiger charge is -2.02. The van der Waals surface area contributed by atoms with Crippen molar-refractivity contribution in [2.45, 2.75) is 6.92 Å². The zero-order chi connectivity index (χ0) is 14.7. The zero-order valence-corrected chi connectivity index (χ0v) is 12.3. The molecule has 5 rings (SSSR count). The minimum atomic E-state index is 0.966. The average molecular weight is 282 g/mol. The van der Waals surface area contributed by atoms with Gasteiger partial charge in [-0.2, -0.15) is 0 Å². The molecule has 0 aliphatic carbocycles. The fraction of sp³-hybridized carbons (Fsp3) is 0.0476. The Bertz CT molecular complexity index is 1180. The first kappa shape index (κ1) is 11.8. The number of hydrogen-bond acceptors (Lipinski definition) is 1. The van der Waals surface area contributed by atoms with Crippen molar-refractivity contribution >= 4 is 43.5 Å². The molecule has 1 heterocycles. The third-order valence-electron chi connectivity index (χ3n) is 4.52. The van der Waals surface area contributed by atoms with Crippen LogP contribution in [0.2, 0.25) is 0 Å². The number of hydrogen-bond donors (Lipinski definition) is 0. The van der Waals surface area contributed by atoms with E-state index < -0.39 is 0 Å². The first-order valence-corrected chi connectivity index (χ1v) is 7.54. The van der Waals surface area contributed by atoms with Crippen molar-refractivity contribution in [2.75, 3.05) is 0 Å². The Morgan fingerprint density at radius 1 is 0.682 bits per heavy atom. The van der Waals surface area contributed by atoms with Crippen LogP contribution < -0.4 is 0 Å². The van der Waals surface area contributed by atoms with Gasteiger partial charge in [0.25, 0.3) is 0 Å². The summed E-state index contributed by atoms with van der Waals surface area (Å²) in [7, 11) is 0. The van der Waals surface area contributed by atoms with E-state index in [1.165, 1.54) is 37.9 Å². The molecule has 0 radical (unpaired) electrons. The highest BCUT2D eigenvalue weighted by Crippen LogP contribution is 2.38. The number of rotatable bonds is 0. The van der Waals surface area contributed by atoms with Gasteiger partial charge in [0.2, 0.25) is 0 Å². The molecule has 0 amide bonds. The van der Waals surface area contributed by atoms with Gasteiger partial charge in [-0.15, -0.1) is 0 Å². The van der Waals surface area contributed by atoms with Gasteiger partial charge in [-0.05, 0) is 52.2 Å². The van der Waals surface area contributed by atoms with Gasteiger partial charge in [0.05, 0.1) is 0 Å². The second-order valence-corrected chi connectivity index (χ2v) is 5.92. The molecule has 0 saturated carbocycles. The molecule has 4 aromatic carbocycles. The van der Waals surface area contributed by atoms with Gasteiger partial charge in [0, 0.05) is 10.8 Å². The summed E-state index contributed by atoms with van der Waals surface area (Å²) >= 11 is 0. The van der Waals surface area contributed by atoms with E-state index in [0.717, 1.165) is 11.2 Å². The Morgan fingerprint density at radius 3 is 2.18 bits per heavy atom.